The van der Waals surface area contributed by atoms with Gasteiger partial charge in [-0.15, -0.1) is 11.3 Å². The number of amides is 1. The molecule has 7 nitrogen and oxygen atoms in total. The van der Waals surface area contributed by atoms with Crippen LogP contribution in [0.3, 0.4) is 0 Å². The van der Waals surface area contributed by atoms with Gasteiger partial charge < -0.3 is 14.2 Å². The van der Waals surface area contributed by atoms with Crippen molar-refractivity contribution < 1.29 is 19.0 Å². The molecule has 2 heterocycles. The molecule has 9 heteroatoms. The summed E-state index contributed by atoms with van der Waals surface area (Å²) < 4.78 is 16.6. The highest BCUT2D eigenvalue weighted by Gasteiger charge is 2.24. The number of benzene rings is 1. The lowest BCUT2D eigenvalue weighted by atomic mass is 9.99. The average molecular weight is 498 g/mol. The number of likely N-dealkylation sites (tertiary alicyclic amines) is 1. The van der Waals surface area contributed by atoms with Crippen LogP contribution in [0.25, 0.3) is 0 Å². The second-order valence-electron chi connectivity index (χ2n) is 7.45. The van der Waals surface area contributed by atoms with Crippen molar-refractivity contribution in [1.82, 2.24) is 9.88 Å². The lowest BCUT2D eigenvalue weighted by Gasteiger charge is -2.29. The number of carbonyl (C=O) groups excluding carboxylic acids is 1. The van der Waals surface area contributed by atoms with Gasteiger partial charge in [-0.1, -0.05) is 6.92 Å². The third-order valence-electron chi connectivity index (χ3n) is 5.37. The Kier molecular flexibility index (Phi) is 7.60. The fourth-order valence-electron chi connectivity index (χ4n) is 3.50. The highest BCUT2D eigenvalue weighted by Crippen LogP contribution is 2.45. The molecule has 30 heavy (non-hydrogen) atoms. The molecule has 1 aromatic carbocycles. The van der Waals surface area contributed by atoms with Gasteiger partial charge in [0.15, 0.2) is 16.6 Å². The maximum Gasteiger partial charge on any atom is 0.258 e. The van der Waals surface area contributed by atoms with Crippen LogP contribution in [0.1, 0.15) is 40.7 Å². The number of anilines is 1. The lowest BCUT2D eigenvalue weighted by Crippen LogP contribution is -2.32. The quantitative estimate of drug-likeness (QED) is 0.596. The van der Waals surface area contributed by atoms with Crippen molar-refractivity contribution in [2.75, 3.05) is 39.7 Å². The molecule has 1 fully saturated rings. The van der Waals surface area contributed by atoms with Crippen molar-refractivity contribution in [3.63, 3.8) is 0 Å². The van der Waals surface area contributed by atoms with Gasteiger partial charge in [0.25, 0.3) is 5.91 Å². The van der Waals surface area contributed by atoms with Crippen LogP contribution >= 0.6 is 27.3 Å². The zero-order valence-electron chi connectivity index (χ0n) is 18.0. The molecule has 1 aliphatic heterocycles. The van der Waals surface area contributed by atoms with Crippen LogP contribution in [0.5, 0.6) is 17.2 Å². The number of aryl methyl sites for hydroxylation is 1. The summed E-state index contributed by atoms with van der Waals surface area (Å²) in [6.07, 6.45) is 2.47. The van der Waals surface area contributed by atoms with Gasteiger partial charge in [-0.05, 0) is 60.8 Å². The Morgan fingerprint density at radius 3 is 2.50 bits per heavy atom. The number of carbonyl (C=O) groups is 1. The van der Waals surface area contributed by atoms with Gasteiger partial charge in [0.2, 0.25) is 5.75 Å². The minimum atomic E-state index is -0.298. The summed E-state index contributed by atoms with van der Waals surface area (Å²) >= 11 is 4.98. The third-order valence-corrected chi connectivity index (χ3v) is 7.22. The molecule has 1 aliphatic rings. The minimum Gasteiger partial charge on any atom is -0.493 e. The number of hydrogen-bond acceptors (Lipinski definition) is 7. The summed E-state index contributed by atoms with van der Waals surface area (Å²) in [7, 11) is 4.56. The Morgan fingerprint density at radius 1 is 1.23 bits per heavy atom. The normalized spacial score (nSPS) is 15.1. The number of nitrogens with zero attached hydrogens (tertiary/aromatic N) is 2. The predicted octanol–water partition coefficient (Wildman–Crippen LogP) is 4.72. The first-order valence-corrected chi connectivity index (χ1v) is 11.5. The van der Waals surface area contributed by atoms with Crippen molar-refractivity contribution in [2.45, 2.75) is 33.2 Å². The number of rotatable bonds is 7. The molecular weight excluding hydrogens is 470 g/mol. The minimum absolute atomic E-state index is 0.298. The Labute approximate surface area is 189 Å². The van der Waals surface area contributed by atoms with Gasteiger partial charge in [-0.3, -0.25) is 15.0 Å². The van der Waals surface area contributed by atoms with E-state index < -0.39 is 0 Å². The highest BCUT2D eigenvalue weighted by molar-refractivity contribution is 9.10. The van der Waals surface area contributed by atoms with Gasteiger partial charge in [-0.2, -0.15) is 0 Å². The summed E-state index contributed by atoms with van der Waals surface area (Å²) in [5.41, 5.74) is 1.34. The molecule has 1 N–H and O–H groups in total. The summed E-state index contributed by atoms with van der Waals surface area (Å²) in [6.45, 7) is 7.39. The number of piperidine rings is 1. The fourth-order valence-corrected chi connectivity index (χ4v) is 5.14. The maximum absolute atomic E-state index is 13.0. The number of ether oxygens (including phenoxy) is 3. The topological polar surface area (TPSA) is 72.9 Å². The molecule has 1 amide bonds. The zero-order valence-corrected chi connectivity index (χ0v) is 20.4. The van der Waals surface area contributed by atoms with Gasteiger partial charge in [0, 0.05) is 11.4 Å². The van der Waals surface area contributed by atoms with Crippen molar-refractivity contribution in [1.29, 1.82) is 0 Å². The van der Waals surface area contributed by atoms with Gasteiger partial charge in [0.05, 0.1) is 37.1 Å². The van der Waals surface area contributed by atoms with Crippen molar-refractivity contribution in [2.24, 2.45) is 5.92 Å². The fraction of sp³-hybridized carbons (Fsp3) is 0.524. The highest BCUT2D eigenvalue weighted by atomic mass is 79.9. The molecule has 164 valence electrons. The standard InChI is InChI=1S/C21H28BrN3O4S/c1-12-6-8-25(9-7-12)11-16-13(2)23-21(30-16)24-20(26)14-10-15(27-3)18(28-4)19(29-5)17(14)22/h10,12H,6-9,11H2,1-5H3,(H,23,24,26). The van der Waals surface area contributed by atoms with Gasteiger partial charge >= 0.3 is 0 Å². The predicted molar refractivity (Wildman–Crippen MR) is 122 cm³/mol. The molecule has 0 unspecified atom stereocenters. The molecule has 1 saturated heterocycles. The van der Waals surface area contributed by atoms with Crippen LogP contribution in [0, 0.1) is 12.8 Å². The van der Waals surface area contributed by atoms with E-state index in [1.165, 1.54) is 50.4 Å². The van der Waals surface area contributed by atoms with Gasteiger partial charge in [0.1, 0.15) is 0 Å². The monoisotopic (exact) mass is 497 g/mol. The number of nitrogens with one attached hydrogen (secondary N) is 1. The second-order valence-corrected chi connectivity index (χ2v) is 9.32. The third kappa shape index (κ3) is 4.90. The SMILES string of the molecule is COc1cc(C(=O)Nc2nc(C)c(CN3CCC(C)CC3)s2)c(Br)c(OC)c1OC. The number of hydrogen-bond donors (Lipinski definition) is 1. The molecule has 2 aromatic rings. The molecular formula is C21H28BrN3O4S. The van der Waals surface area contributed by atoms with E-state index in [-0.39, 0.29) is 5.91 Å². The van der Waals surface area contributed by atoms with E-state index in [2.05, 4.69) is 38.1 Å². The van der Waals surface area contributed by atoms with Crippen molar-refractivity contribution in [3.8, 4) is 17.2 Å². The van der Waals surface area contributed by atoms with Crippen molar-refractivity contribution >= 4 is 38.3 Å². The van der Waals surface area contributed by atoms with E-state index in [9.17, 15) is 4.79 Å². The molecule has 0 bridgehead atoms. The molecule has 3 rings (SSSR count). The van der Waals surface area contributed by atoms with Crippen LogP contribution in [0.2, 0.25) is 0 Å². The van der Waals surface area contributed by atoms with Crippen LogP contribution in [-0.4, -0.2) is 50.2 Å². The van der Waals surface area contributed by atoms with Crippen LogP contribution < -0.4 is 19.5 Å². The van der Waals surface area contributed by atoms with E-state index in [1.807, 2.05) is 6.92 Å². The smallest absolute Gasteiger partial charge is 0.258 e. The number of thiazole rings is 1. The first kappa shape index (κ1) is 22.8. The van der Waals surface area contributed by atoms with Crippen LogP contribution in [0.15, 0.2) is 10.5 Å². The zero-order chi connectivity index (χ0) is 21.8. The second kappa shape index (κ2) is 9.98. The largest absolute Gasteiger partial charge is 0.493 e. The average Bonchev–Trinajstić information content (AvgIpc) is 3.07. The number of aromatic nitrogens is 1. The number of methoxy groups -OCH3 is 3. The Hall–Kier alpha value is -1.84. The first-order valence-electron chi connectivity index (χ1n) is 9.86. The van der Waals surface area contributed by atoms with E-state index in [4.69, 9.17) is 14.2 Å². The van der Waals surface area contributed by atoms with E-state index >= 15 is 0 Å². The molecule has 0 atom stereocenters. The first-order chi connectivity index (χ1) is 14.4. The molecule has 1 aromatic heterocycles. The summed E-state index contributed by atoms with van der Waals surface area (Å²) in [6, 6.07) is 1.62. The molecule has 0 spiro atoms. The van der Waals surface area contributed by atoms with Crippen molar-refractivity contribution in [3.05, 3.63) is 26.7 Å². The summed E-state index contributed by atoms with van der Waals surface area (Å²) in [4.78, 5) is 21.2. The molecule has 0 saturated carbocycles. The number of halogens is 1. The Bertz CT molecular complexity index is 910. The van der Waals surface area contributed by atoms with E-state index in [1.54, 1.807) is 6.07 Å². The van der Waals surface area contributed by atoms with Crippen LogP contribution in [0.4, 0.5) is 5.13 Å². The van der Waals surface area contributed by atoms with E-state index in [0.29, 0.717) is 32.4 Å². The Morgan fingerprint density at radius 2 is 1.90 bits per heavy atom. The summed E-state index contributed by atoms with van der Waals surface area (Å²) in [5, 5.41) is 3.49. The molecule has 0 aliphatic carbocycles. The summed E-state index contributed by atoms with van der Waals surface area (Å²) in [5.74, 6) is 1.74. The molecule has 0 radical (unpaired) electrons. The van der Waals surface area contributed by atoms with E-state index in [0.717, 1.165) is 31.2 Å². The Balaban J connectivity index is 1.78. The van der Waals surface area contributed by atoms with Crippen LogP contribution in [-0.2, 0) is 6.54 Å². The van der Waals surface area contributed by atoms with Gasteiger partial charge in [-0.25, -0.2) is 4.98 Å². The lowest BCUT2D eigenvalue weighted by molar-refractivity contribution is 0.102. The maximum atomic E-state index is 13.0.